The molecule has 2 amide bonds. The molecule has 2 aromatic carbocycles. The number of likely N-dealkylation sites (tertiary alicyclic amines) is 1. The minimum atomic E-state index is -0.156. The van der Waals surface area contributed by atoms with Crippen LogP contribution in [0.5, 0.6) is 11.5 Å². The van der Waals surface area contributed by atoms with Crippen LogP contribution in [0.4, 0.5) is 16.2 Å². The third-order valence-electron chi connectivity index (χ3n) is 7.89. The Bertz CT molecular complexity index is 1380. The van der Waals surface area contributed by atoms with Gasteiger partial charge in [-0.3, -0.25) is 4.98 Å². The molecule has 0 atom stereocenters. The highest BCUT2D eigenvalue weighted by molar-refractivity contribution is 5.96. The zero-order chi connectivity index (χ0) is 28.6. The second kappa shape index (κ2) is 13.5. The fourth-order valence-electron chi connectivity index (χ4n) is 5.64. The number of nitrogens with zero attached hydrogens (tertiary/aromatic N) is 5. The van der Waals surface area contributed by atoms with E-state index in [2.05, 4.69) is 21.2 Å². The van der Waals surface area contributed by atoms with E-state index in [1.807, 2.05) is 18.3 Å². The van der Waals surface area contributed by atoms with Crippen LogP contribution < -0.4 is 25.4 Å². The summed E-state index contributed by atoms with van der Waals surface area (Å²) in [5.41, 5.74) is 10.2. The number of nitrogens with two attached hydrogens (primary N) is 1. The highest BCUT2D eigenvalue weighted by Crippen LogP contribution is 2.38. The second-order valence-electron chi connectivity index (χ2n) is 10.6. The van der Waals surface area contributed by atoms with Gasteiger partial charge in [0.15, 0.2) is 11.5 Å². The molecular formula is C31H39N7O3. The van der Waals surface area contributed by atoms with E-state index < -0.39 is 0 Å². The summed E-state index contributed by atoms with van der Waals surface area (Å²) in [4.78, 5) is 24.2. The SMILES string of the molecule is COc1cc2c(N3CCN(C(=O)Nc4ccc(C#N)cc4)CC3)c(CN)cnc2cc1OCCCN1CCCCC1. The first-order valence-corrected chi connectivity index (χ1v) is 14.5. The quantitative estimate of drug-likeness (QED) is 0.376. The van der Waals surface area contributed by atoms with Crippen LogP contribution in [0.2, 0.25) is 0 Å². The van der Waals surface area contributed by atoms with Crippen LogP contribution in [-0.4, -0.2) is 80.3 Å². The molecule has 0 saturated carbocycles. The number of hydrogen-bond acceptors (Lipinski definition) is 8. The van der Waals surface area contributed by atoms with Gasteiger partial charge in [-0.1, -0.05) is 6.42 Å². The number of nitrogens with one attached hydrogen (secondary N) is 1. The van der Waals surface area contributed by atoms with Crippen molar-refractivity contribution in [1.29, 1.82) is 5.26 Å². The van der Waals surface area contributed by atoms with Gasteiger partial charge < -0.3 is 35.2 Å². The van der Waals surface area contributed by atoms with E-state index in [1.165, 1.54) is 32.4 Å². The van der Waals surface area contributed by atoms with Crippen molar-refractivity contribution in [3.05, 3.63) is 53.7 Å². The molecule has 5 rings (SSSR count). The molecule has 3 aromatic rings. The maximum absolute atomic E-state index is 12.9. The fourth-order valence-corrected chi connectivity index (χ4v) is 5.64. The van der Waals surface area contributed by atoms with Crippen molar-refractivity contribution in [1.82, 2.24) is 14.8 Å². The molecule has 3 N–H and O–H groups in total. The largest absolute Gasteiger partial charge is 0.493 e. The maximum Gasteiger partial charge on any atom is 0.321 e. The predicted molar refractivity (Wildman–Crippen MR) is 161 cm³/mol. The van der Waals surface area contributed by atoms with Crippen LogP contribution in [0, 0.1) is 11.3 Å². The van der Waals surface area contributed by atoms with E-state index in [4.69, 9.17) is 25.5 Å². The normalized spacial score (nSPS) is 15.9. The number of hydrogen-bond donors (Lipinski definition) is 2. The third kappa shape index (κ3) is 6.81. The van der Waals surface area contributed by atoms with Crippen molar-refractivity contribution in [2.75, 3.05) is 69.7 Å². The number of ether oxygens (including phenoxy) is 2. The van der Waals surface area contributed by atoms with E-state index in [1.54, 1.807) is 36.3 Å². The summed E-state index contributed by atoms with van der Waals surface area (Å²) in [7, 11) is 1.66. The lowest BCUT2D eigenvalue weighted by Gasteiger charge is -2.37. The molecule has 41 heavy (non-hydrogen) atoms. The van der Waals surface area contributed by atoms with Gasteiger partial charge in [0, 0.05) is 68.2 Å². The molecule has 0 bridgehead atoms. The topological polar surface area (TPSA) is 120 Å². The number of nitriles is 1. The number of piperazine rings is 1. The van der Waals surface area contributed by atoms with Gasteiger partial charge in [-0.15, -0.1) is 0 Å². The van der Waals surface area contributed by atoms with Crippen LogP contribution in [0.25, 0.3) is 10.9 Å². The van der Waals surface area contributed by atoms with Crippen LogP contribution in [0.3, 0.4) is 0 Å². The molecule has 10 nitrogen and oxygen atoms in total. The van der Waals surface area contributed by atoms with E-state index in [0.29, 0.717) is 62.1 Å². The number of urea groups is 1. The molecule has 3 heterocycles. The van der Waals surface area contributed by atoms with Gasteiger partial charge in [-0.05, 0) is 62.7 Å². The average Bonchev–Trinajstić information content (AvgIpc) is 3.03. The van der Waals surface area contributed by atoms with Gasteiger partial charge >= 0.3 is 6.03 Å². The van der Waals surface area contributed by atoms with Crippen LogP contribution in [0.15, 0.2) is 42.6 Å². The Labute approximate surface area is 241 Å². The Morgan fingerprint density at radius 2 is 1.80 bits per heavy atom. The van der Waals surface area contributed by atoms with Gasteiger partial charge in [0.05, 0.1) is 36.6 Å². The Morgan fingerprint density at radius 3 is 2.49 bits per heavy atom. The predicted octanol–water partition coefficient (Wildman–Crippen LogP) is 4.18. The first-order chi connectivity index (χ1) is 20.1. The Balaban J connectivity index is 1.26. The summed E-state index contributed by atoms with van der Waals surface area (Å²) < 4.78 is 11.9. The number of pyridine rings is 1. The summed E-state index contributed by atoms with van der Waals surface area (Å²) in [5.74, 6) is 1.37. The summed E-state index contributed by atoms with van der Waals surface area (Å²) in [5, 5.41) is 12.9. The number of carbonyl (C=O) groups is 1. The van der Waals surface area contributed by atoms with Gasteiger partial charge in [-0.2, -0.15) is 5.26 Å². The van der Waals surface area contributed by atoms with Gasteiger partial charge in [0.1, 0.15) is 0 Å². The zero-order valence-electron chi connectivity index (χ0n) is 23.8. The summed E-state index contributed by atoms with van der Waals surface area (Å²) in [6.07, 6.45) is 6.73. The number of aromatic nitrogens is 1. The van der Waals surface area contributed by atoms with Crippen molar-refractivity contribution in [3.63, 3.8) is 0 Å². The number of methoxy groups -OCH3 is 1. The van der Waals surface area contributed by atoms with E-state index >= 15 is 0 Å². The van der Waals surface area contributed by atoms with E-state index in [-0.39, 0.29) is 6.03 Å². The summed E-state index contributed by atoms with van der Waals surface area (Å²) in [6.45, 7) is 6.84. The smallest absolute Gasteiger partial charge is 0.321 e. The minimum absolute atomic E-state index is 0.156. The molecular weight excluding hydrogens is 518 g/mol. The number of amides is 2. The average molecular weight is 558 g/mol. The van der Waals surface area contributed by atoms with Crippen LogP contribution >= 0.6 is 0 Å². The Kier molecular flexibility index (Phi) is 9.39. The number of rotatable bonds is 9. The lowest BCUT2D eigenvalue weighted by Crippen LogP contribution is -2.50. The number of anilines is 2. The van der Waals surface area contributed by atoms with Gasteiger partial charge in [0.2, 0.25) is 0 Å². The van der Waals surface area contributed by atoms with Crippen LogP contribution in [-0.2, 0) is 6.54 Å². The second-order valence-corrected chi connectivity index (χ2v) is 10.6. The Hall–Kier alpha value is -4.07. The molecule has 0 radical (unpaired) electrons. The number of piperidine rings is 1. The molecule has 10 heteroatoms. The summed E-state index contributed by atoms with van der Waals surface area (Å²) >= 11 is 0. The van der Waals surface area contributed by atoms with Crippen molar-refractivity contribution < 1.29 is 14.3 Å². The molecule has 2 fully saturated rings. The van der Waals surface area contributed by atoms with Gasteiger partial charge in [0.25, 0.3) is 0 Å². The van der Waals surface area contributed by atoms with Crippen molar-refractivity contribution in [2.24, 2.45) is 5.73 Å². The molecule has 1 aromatic heterocycles. The number of carbonyl (C=O) groups excluding carboxylic acids is 1. The molecule has 2 aliphatic rings. The molecule has 216 valence electrons. The Morgan fingerprint density at radius 1 is 1.05 bits per heavy atom. The molecule has 2 aliphatic heterocycles. The summed E-state index contributed by atoms with van der Waals surface area (Å²) in [6, 6.07) is 12.8. The first-order valence-electron chi connectivity index (χ1n) is 14.5. The highest BCUT2D eigenvalue weighted by Gasteiger charge is 2.25. The van der Waals surface area contributed by atoms with Crippen LogP contribution in [0.1, 0.15) is 36.8 Å². The van der Waals surface area contributed by atoms with Gasteiger partial charge in [-0.25, -0.2) is 4.79 Å². The zero-order valence-corrected chi connectivity index (χ0v) is 23.8. The lowest BCUT2D eigenvalue weighted by molar-refractivity contribution is 0.203. The number of fused-ring (bicyclic) bond motifs is 1. The maximum atomic E-state index is 12.9. The van der Waals surface area contributed by atoms with Crippen molar-refractivity contribution >= 4 is 28.3 Å². The molecule has 0 aliphatic carbocycles. The van der Waals surface area contributed by atoms with Crippen molar-refractivity contribution in [2.45, 2.75) is 32.2 Å². The van der Waals surface area contributed by atoms with Crippen molar-refractivity contribution in [3.8, 4) is 17.6 Å². The fraction of sp³-hybridized carbons (Fsp3) is 0.452. The highest BCUT2D eigenvalue weighted by atomic mass is 16.5. The molecule has 0 spiro atoms. The third-order valence-corrected chi connectivity index (χ3v) is 7.89. The molecule has 0 unspecified atom stereocenters. The van der Waals surface area contributed by atoms with E-state index in [0.717, 1.165) is 35.1 Å². The monoisotopic (exact) mass is 557 g/mol. The number of benzene rings is 2. The lowest BCUT2D eigenvalue weighted by atomic mass is 10.1. The standard InChI is InChI=1S/C31H39N7O3/c1-40-28-18-26-27(19-29(28)41-17-5-12-36-10-3-2-4-11-36)34-22-24(21-33)30(26)37-13-15-38(16-14-37)31(39)35-25-8-6-23(20-32)7-9-25/h6-9,18-19,22H,2-5,10-17,21,33H2,1H3,(H,35,39). The first kappa shape index (κ1) is 28.5. The molecule has 2 saturated heterocycles. The van der Waals surface area contributed by atoms with E-state index in [9.17, 15) is 4.79 Å². The minimum Gasteiger partial charge on any atom is -0.493 e.